The molecular formula is C32H36Cl2FN3O5S. The van der Waals surface area contributed by atoms with Crippen molar-refractivity contribution >= 4 is 50.7 Å². The van der Waals surface area contributed by atoms with Crippen LogP contribution in [-0.2, 0) is 26.2 Å². The zero-order valence-electron chi connectivity index (χ0n) is 24.6. The molecule has 1 fully saturated rings. The van der Waals surface area contributed by atoms with E-state index in [1.807, 2.05) is 6.92 Å². The Hall–Kier alpha value is -3.34. The first-order chi connectivity index (χ1) is 21.0. The Labute approximate surface area is 268 Å². The number of benzene rings is 3. The number of carbonyl (C=O) groups excluding carboxylic acids is 2. The van der Waals surface area contributed by atoms with Crippen LogP contribution in [0.25, 0.3) is 0 Å². The minimum Gasteiger partial charge on any atom is -0.494 e. The number of amides is 2. The minimum atomic E-state index is -4.32. The SMILES string of the molecule is CCOc1ccc(S(=O)(=O)N(CC(=O)N(Cc2ccc(Cl)cc2Cl)[C@@H](CC)C(=O)NC2CCCC2)c2ccc(F)cc2)cc1. The van der Waals surface area contributed by atoms with Crippen molar-refractivity contribution in [3.8, 4) is 5.75 Å². The number of hydrogen-bond acceptors (Lipinski definition) is 5. The summed E-state index contributed by atoms with van der Waals surface area (Å²) in [4.78, 5) is 29.0. The second-order valence-corrected chi connectivity index (χ2v) is 13.3. The maximum Gasteiger partial charge on any atom is 0.264 e. The molecule has 0 radical (unpaired) electrons. The highest BCUT2D eigenvalue weighted by Gasteiger charge is 2.35. The van der Waals surface area contributed by atoms with Crippen LogP contribution in [0, 0.1) is 5.82 Å². The number of rotatable bonds is 13. The Morgan fingerprint density at radius 1 is 1.00 bits per heavy atom. The molecule has 0 bridgehead atoms. The third-order valence-electron chi connectivity index (χ3n) is 7.56. The lowest BCUT2D eigenvalue weighted by Crippen LogP contribution is -2.53. The zero-order chi connectivity index (χ0) is 31.9. The van der Waals surface area contributed by atoms with Gasteiger partial charge in [-0.05, 0) is 92.4 Å². The van der Waals surface area contributed by atoms with Gasteiger partial charge in [0.15, 0.2) is 0 Å². The van der Waals surface area contributed by atoms with Crippen molar-refractivity contribution in [3.05, 3.63) is 88.2 Å². The normalized spacial score (nSPS) is 14.2. The van der Waals surface area contributed by atoms with Gasteiger partial charge in [-0.15, -0.1) is 0 Å². The van der Waals surface area contributed by atoms with Gasteiger partial charge in [0.25, 0.3) is 10.0 Å². The molecular weight excluding hydrogens is 628 g/mol. The molecule has 8 nitrogen and oxygen atoms in total. The van der Waals surface area contributed by atoms with E-state index < -0.39 is 34.3 Å². The van der Waals surface area contributed by atoms with E-state index in [1.165, 1.54) is 41.3 Å². The molecule has 12 heteroatoms. The van der Waals surface area contributed by atoms with Crippen LogP contribution in [0.5, 0.6) is 5.75 Å². The Balaban J connectivity index is 1.72. The van der Waals surface area contributed by atoms with E-state index in [0.29, 0.717) is 28.0 Å². The number of nitrogens with one attached hydrogen (secondary N) is 1. The Morgan fingerprint density at radius 2 is 1.66 bits per heavy atom. The molecule has 4 rings (SSSR count). The summed E-state index contributed by atoms with van der Waals surface area (Å²) in [6.45, 7) is 3.29. The van der Waals surface area contributed by atoms with Crippen molar-refractivity contribution in [3.63, 3.8) is 0 Å². The highest BCUT2D eigenvalue weighted by Crippen LogP contribution is 2.28. The predicted molar refractivity (Wildman–Crippen MR) is 170 cm³/mol. The molecule has 1 N–H and O–H groups in total. The van der Waals surface area contributed by atoms with Gasteiger partial charge in [-0.3, -0.25) is 13.9 Å². The fourth-order valence-electron chi connectivity index (χ4n) is 5.26. The first kappa shape index (κ1) is 33.6. The third-order valence-corrected chi connectivity index (χ3v) is 9.93. The molecule has 0 heterocycles. The lowest BCUT2D eigenvalue weighted by atomic mass is 10.1. The maximum absolute atomic E-state index is 14.2. The molecule has 3 aromatic rings. The largest absolute Gasteiger partial charge is 0.494 e. The van der Waals surface area contributed by atoms with Gasteiger partial charge in [-0.2, -0.15) is 0 Å². The average molecular weight is 665 g/mol. The topological polar surface area (TPSA) is 96.0 Å². The predicted octanol–water partition coefficient (Wildman–Crippen LogP) is 6.59. The van der Waals surface area contributed by atoms with E-state index in [1.54, 1.807) is 25.1 Å². The van der Waals surface area contributed by atoms with E-state index >= 15 is 0 Å². The molecule has 2 amide bonds. The van der Waals surface area contributed by atoms with Crippen LogP contribution in [0.4, 0.5) is 10.1 Å². The molecule has 0 saturated heterocycles. The molecule has 3 aromatic carbocycles. The van der Waals surface area contributed by atoms with Gasteiger partial charge < -0.3 is 15.0 Å². The van der Waals surface area contributed by atoms with Crippen molar-refractivity contribution in [1.29, 1.82) is 0 Å². The first-order valence-corrected chi connectivity index (χ1v) is 16.8. The highest BCUT2D eigenvalue weighted by atomic mass is 35.5. The molecule has 236 valence electrons. The van der Waals surface area contributed by atoms with Crippen molar-refractivity contribution in [2.24, 2.45) is 0 Å². The van der Waals surface area contributed by atoms with Gasteiger partial charge >= 0.3 is 0 Å². The number of sulfonamides is 1. The van der Waals surface area contributed by atoms with Crippen LogP contribution in [-0.4, -0.2) is 50.4 Å². The highest BCUT2D eigenvalue weighted by molar-refractivity contribution is 7.92. The number of ether oxygens (including phenoxy) is 1. The summed E-state index contributed by atoms with van der Waals surface area (Å²) in [5.41, 5.74) is 0.626. The van der Waals surface area contributed by atoms with Gasteiger partial charge in [-0.1, -0.05) is 49.0 Å². The van der Waals surface area contributed by atoms with Crippen LogP contribution in [0.3, 0.4) is 0 Å². The Bertz CT molecular complexity index is 1550. The second kappa shape index (κ2) is 15.1. The Morgan fingerprint density at radius 3 is 2.25 bits per heavy atom. The van der Waals surface area contributed by atoms with Gasteiger partial charge in [0.2, 0.25) is 11.8 Å². The van der Waals surface area contributed by atoms with Gasteiger partial charge in [-0.25, -0.2) is 12.8 Å². The van der Waals surface area contributed by atoms with E-state index in [0.717, 1.165) is 42.1 Å². The summed E-state index contributed by atoms with van der Waals surface area (Å²) in [7, 11) is -4.32. The fourth-order valence-corrected chi connectivity index (χ4v) is 7.14. The molecule has 1 atom stereocenters. The number of halogens is 3. The van der Waals surface area contributed by atoms with Crippen LogP contribution >= 0.6 is 23.2 Å². The molecule has 1 aliphatic rings. The quantitative estimate of drug-likeness (QED) is 0.223. The zero-order valence-corrected chi connectivity index (χ0v) is 27.0. The second-order valence-electron chi connectivity index (χ2n) is 10.6. The molecule has 0 spiro atoms. The number of carbonyl (C=O) groups is 2. The maximum atomic E-state index is 14.2. The summed E-state index contributed by atoms with van der Waals surface area (Å²) in [5, 5.41) is 3.78. The van der Waals surface area contributed by atoms with E-state index in [9.17, 15) is 22.4 Å². The number of anilines is 1. The average Bonchev–Trinajstić information content (AvgIpc) is 3.51. The fraction of sp³-hybridized carbons (Fsp3) is 0.375. The van der Waals surface area contributed by atoms with Gasteiger partial charge in [0.1, 0.15) is 24.2 Å². The van der Waals surface area contributed by atoms with Gasteiger partial charge in [0.05, 0.1) is 17.2 Å². The molecule has 0 unspecified atom stereocenters. The van der Waals surface area contributed by atoms with E-state index in [2.05, 4.69) is 5.32 Å². The summed E-state index contributed by atoms with van der Waals surface area (Å²) in [6, 6.07) is 14.6. The summed E-state index contributed by atoms with van der Waals surface area (Å²) < 4.78 is 48.2. The third kappa shape index (κ3) is 8.22. The van der Waals surface area contributed by atoms with Crippen molar-refractivity contribution in [2.75, 3.05) is 17.5 Å². The first-order valence-electron chi connectivity index (χ1n) is 14.6. The van der Waals surface area contributed by atoms with Crippen LogP contribution in [0.1, 0.15) is 51.5 Å². The molecule has 44 heavy (non-hydrogen) atoms. The monoisotopic (exact) mass is 663 g/mol. The summed E-state index contributed by atoms with van der Waals surface area (Å²) >= 11 is 12.6. The van der Waals surface area contributed by atoms with E-state index in [-0.39, 0.29) is 35.5 Å². The minimum absolute atomic E-state index is 0.0170. The summed E-state index contributed by atoms with van der Waals surface area (Å²) in [5.74, 6) is -1.03. The van der Waals surface area contributed by atoms with Crippen LogP contribution < -0.4 is 14.4 Å². The molecule has 1 saturated carbocycles. The van der Waals surface area contributed by atoms with Crippen molar-refractivity contribution in [1.82, 2.24) is 10.2 Å². The molecule has 1 aliphatic carbocycles. The van der Waals surface area contributed by atoms with Crippen LogP contribution in [0.15, 0.2) is 71.6 Å². The lowest BCUT2D eigenvalue weighted by molar-refractivity contribution is -0.140. The van der Waals surface area contributed by atoms with Crippen molar-refractivity contribution < 1.29 is 27.1 Å². The van der Waals surface area contributed by atoms with Crippen LogP contribution in [0.2, 0.25) is 10.0 Å². The Kier molecular flexibility index (Phi) is 11.5. The van der Waals surface area contributed by atoms with Crippen molar-refractivity contribution in [2.45, 2.75) is 69.5 Å². The number of nitrogens with zero attached hydrogens (tertiary/aromatic N) is 2. The van der Waals surface area contributed by atoms with E-state index in [4.69, 9.17) is 27.9 Å². The standard InChI is InChI=1S/C32H36Cl2FN3O5S/c1-3-30(32(40)36-25-7-5-6-8-25)37(20-22-9-10-23(33)19-29(22)34)31(39)21-38(26-13-11-24(35)12-14-26)44(41,42)28-17-15-27(16-18-28)43-4-2/h9-19,25,30H,3-8,20-21H2,1-2H3,(H,36,40)/t30-/m0/s1. The lowest BCUT2D eigenvalue weighted by Gasteiger charge is -2.34. The number of hydrogen-bond donors (Lipinski definition) is 1. The molecule has 0 aromatic heterocycles. The molecule has 0 aliphatic heterocycles. The smallest absolute Gasteiger partial charge is 0.264 e. The summed E-state index contributed by atoms with van der Waals surface area (Å²) in [6.07, 6.45) is 4.02. The van der Waals surface area contributed by atoms with Gasteiger partial charge in [0, 0.05) is 22.6 Å².